The largest absolute Gasteiger partial charge is 0.325 e. The Morgan fingerprint density at radius 1 is 1.29 bits per heavy atom. The van der Waals surface area contributed by atoms with Crippen LogP contribution in [-0.4, -0.2) is 28.9 Å². The monoisotopic (exact) mass is 344 g/mol. The quantitative estimate of drug-likeness (QED) is 0.738. The fourth-order valence-corrected chi connectivity index (χ4v) is 3.06. The predicted octanol–water partition coefficient (Wildman–Crippen LogP) is 1.96. The zero-order valence-corrected chi connectivity index (χ0v) is 14.0. The predicted molar refractivity (Wildman–Crippen MR) is 90.7 cm³/mol. The highest BCUT2D eigenvalue weighted by atomic mass is 32.1. The van der Waals surface area contributed by atoms with Crippen molar-refractivity contribution in [2.45, 2.75) is 26.3 Å². The third-order valence-corrected chi connectivity index (χ3v) is 4.56. The minimum atomic E-state index is -0.836. The normalized spacial score (nSPS) is 16.7. The van der Waals surface area contributed by atoms with Crippen LogP contribution in [0, 0.1) is 13.8 Å². The Morgan fingerprint density at radius 3 is 2.75 bits per heavy atom. The number of rotatable bonds is 4. The van der Waals surface area contributed by atoms with E-state index >= 15 is 0 Å². The van der Waals surface area contributed by atoms with Gasteiger partial charge in [0.15, 0.2) is 5.13 Å². The van der Waals surface area contributed by atoms with Crippen LogP contribution in [0.25, 0.3) is 11.3 Å². The molecule has 3 N–H and O–H groups in total. The number of anilines is 1. The van der Waals surface area contributed by atoms with E-state index in [9.17, 15) is 14.4 Å². The zero-order chi connectivity index (χ0) is 17.3. The number of carbonyl (C=O) groups excluding carboxylic acids is 3. The van der Waals surface area contributed by atoms with E-state index in [0.29, 0.717) is 5.13 Å². The highest BCUT2D eigenvalue weighted by Gasteiger charge is 2.31. The van der Waals surface area contributed by atoms with Gasteiger partial charge in [-0.25, -0.2) is 9.78 Å². The summed E-state index contributed by atoms with van der Waals surface area (Å²) >= 11 is 1.31. The second-order valence-electron chi connectivity index (χ2n) is 5.60. The first-order valence-electron chi connectivity index (χ1n) is 7.37. The van der Waals surface area contributed by atoms with Gasteiger partial charge in [-0.2, -0.15) is 0 Å². The second-order valence-corrected chi connectivity index (χ2v) is 6.46. The van der Waals surface area contributed by atoms with Gasteiger partial charge in [-0.1, -0.05) is 12.1 Å². The highest BCUT2D eigenvalue weighted by molar-refractivity contribution is 7.14. The first kappa shape index (κ1) is 16.1. The molecule has 8 heteroatoms. The van der Waals surface area contributed by atoms with E-state index in [2.05, 4.69) is 20.9 Å². The Kier molecular flexibility index (Phi) is 4.30. The van der Waals surface area contributed by atoms with Gasteiger partial charge in [-0.05, 0) is 31.0 Å². The number of aromatic nitrogens is 1. The number of hydrogen-bond acceptors (Lipinski definition) is 5. The van der Waals surface area contributed by atoms with Crippen LogP contribution in [-0.2, 0) is 9.59 Å². The van der Waals surface area contributed by atoms with Gasteiger partial charge < -0.3 is 10.6 Å². The molecule has 1 aliphatic rings. The number of nitrogens with one attached hydrogen (secondary N) is 3. The summed E-state index contributed by atoms with van der Waals surface area (Å²) in [6.45, 7) is 4.08. The van der Waals surface area contributed by atoms with Crippen LogP contribution in [0.2, 0.25) is 0 Å². The molecular formula is C16H16N4O3S. The number of hydrogen-bond donors (Lipinski definition) is 3. The van der Waals surface area contributed by atoms with Crippen molar-refractivity contribution in [2.24, 2.45) is 0 Å². The van der Waals surface area contributed by atoms with Crippen molar-refractivity contribution in [3.05, 3.63) is 34.7 Å². The molecule has 0 saturated carbocycles. The Hall–Kier alpha value is -2.74. The molecule has 1 aromatic carbocycles. The van der Waals surface area contributed by atoms with E-state index in [4.69, 9.17) is 0 Å². The lowest BCUT2D eigenvalue weighted by Gasteiger charge is -2.06. The molecule has 24 heavy (non-hydrogen) atoms. The minimum Gasteiger partial charge on any atom is -0.325 e. The van der Waals surface area contributed by atoms with Crippen molar-refractivity contribution in [1.29, 1.82) is 0 Å². The van der Waals surface area contributed by atoms with Gasteiger partial charge in [0.25, 0.3) is 5.91 Å². The Bertz CT molecular complexity index is 830. The summed E-state index contributed by atoms with van der Waals surface area (Å²) < 4.78 is 0. The molecule has 1 aliphatic heterocycles. The molecule has 0 unspecified atom stereocenters. The van der Waals surface area contributed by atoms with Crippen molar-refractivity contribution in [3.63, 3.8) is 0 Å². The van der Waals surface area contributed by atoms with E-state index in [-0.39, 0.29) is 12.3 Å². The molecule has 124 valence electrons. The first-order valence-corrected chi connectivity index (χ1v) is 8.24. The van der Waals surface area contributed by atoms with Gasteiger partial charge in [0.1, 0.15) is 6.04 Å². The number of carbonyl (C=O) groups is 3. The molecule has 1 fully saturated rings. The second kappa shape index (κ2) is 6.40. The average Bonchev–Trinajstić information content (AvgIpc) is 3.09. The van der Waals surface area contributed by atoms with Crippen molar-refractivity contribution >= 4 is 34.3 Å². The van der Waals surface area contributed by atoms with E-state index in [1.807, 2.05) is 37.4 Å². The molecule has 1 saturated heterocycles. The van der Waals surface area contributed by atoms with Crippen LogP contribution < -0.4 is 16.0 Å². The number of thiazole rings is 1. The van der Waals surface area contributed by atoms with E-state index in [0.717, 1.165) is 11.3 Å². The number of benzene rings is 1. The van der Waals surface area contributed by atoms with Crippen molar-refractivity contribution in [2.75, 3.05) is 5.32 Å². The SMILES string of the molecule is Cc1ccc(-c2csc(NC(=O)C[C@@H]3NC(=O)NC3=O)n2)cc1C. The molecule has 4 amide bonds. The van der Waals surface area contributed by atoms with Crippen LogP contribution in [0.15, 0.2) is 23.6 Å². The number of aryl methyl sites for hydroxylation is 2. The number of urea groups is 1. The number of imide groups is 1. The number of amides is 4. The molecule has 2 aromatic rings. The lowest BCUT2D eigenvalue weighted by Crippen LogP contribution is -2.33. The van der Waals surface area contributed by atoms with Gasteiger partial charge >= 0.3 is 6.03 Å². The molecule has 0 spiro atoms. The molecule has 0 radical (unpaired) electrons. The van der Waals surface area contributed by atoms with Gasteiger partial charge in [0.2, 0.25) is 5.91 Å². The summed E-state index contributed by atoms with van der Waals surface area (Å²) in [5.74, 6) is -0.872. The van der Waals surface area contributed by atoms with Crippen LogP contribution in [0.5, 0.6) is 0 Å². The standard InChI is InChI=1S/C16H16N4O3S/c1-8-3-4-10(5-9(8)2)12-7-24-16(18-12)19-13(21)6-11-14(22)20-15(23)17-11/h3-5,7,11H,6H2,1-2H3,(H,18,19,21)(H2,17,20,22,23)/t11-/m0/s1. The van der Waals surface area contributed by atoms with Crippen LogP contribution in [0.4, 0.5) is 9.93 Å². The Balaban J connectivity index is 1.65. The molecule has 1 aromatic heterocycles. The molecule has 0 bridgehead atoms. The summed E-state index contributed by atoms with van der Waals surface area (Å²) in [4.78, 5) is 38.9. The van der Waals surface area contributed by atoms with Crippen molar-refractivity contribution < 1.29 is 14.4 Å². The third kappa shape index (κ3) is 3.43. The summed E-state index contributed by atoms with van der Waals surface area (Å²) in [5, 5.41) is 9.45. The van der Waals surface area contributed by atoms with Crippen molar-refractivity contribution in [3.8, 4) is 11.3 Å². The van der Waals surface area contributed by atoms with Gasteiger partial charge in [-0.3, -0.25) is 14.9 Å². The zero-order valence-electron chi connectivity index (χ0n) is 13.2. The summed E-state index contributed by atoms with van der Waals surface area (Å²) in [5.41, 5.74) is 4.15. The van der Waals surface area contributed by atoms with Crippen LogP contribution >= 0.6 is 11.3 Å². The van der Waals surface area contributed by atoms with Crippen LogP contribution in [0.3, 0.4) is 0 Å². The maximum absolute atomic E-state index is 12.0. The van der Waals surface area contributed by atoms with E-state index in [1.165, 1.54) is 22.5 Å². The lowest BCUT2D eigenvalue weighted by atomic mass is 10.1. The third-order valence-electron chi connectivity index (χ3n) is 3.80. The molecule has 3 rings (SSSR count). The highest BCUT2D eigenvalue weighted by Crippen LogP contribution is 2.26. The molecule has 2 heterocycles. The summed E-state index contributed by atoms with van der Waals surface area (Å²) in [6, 6.07) is 4.65. The van der Waals surface area contributed by atoms with Crippen molar-refractivity contribution in [1.82, 2.24) is 15.6 Å². The van der Waals surface area contributed by atoms with Gasteiger partial charge in [0.05, 0.1) is 12.1 Å². The summed E-state index contributed by atoms with van der Waals surface area (Å²) in [7, 11) is 0. The molecule has 7 nitrogen and oxygen atoms in total. The topological polar surface area (TPSA) is 100 Å². The number of nitrogens with zero attached hydrogens (tertiary/aromatic N) is 1. The fraction of sp³-hybridized carbons (Fsp3) is 0.250. The van der Waals surface area contributed by atoms with Gasteiger partial charge in [0, 0.05) is 10.9 Å². The Morgan fingerprint density at radius 2 is 2.08 bits per heavy atom. The Labute approximate surface area is 142 Å². The smallest absolute Gasteiger partial charge is 0.322 e. The maximum atomic E-state index is 12.0. The van der Waals surface area contributed by atoms with Crippen LogP contribution in [0.1, 0.15) is 17.5 Å². The fourth-order valence-electron chi connectivity index (χ4n) is 2.32. The summed E-state index contributed by atoms with van der Waals surface area (Å²) in [6.07, 6.45) is -0.129. The average molecular weight is 344 g/mol. The van der Waals surface area contributed by atoms with Gasteiger partial charge in [-0.15, -0.1) is 11.3 Å². The lowest BCUT2D eigenvalue weighted by molar-refractivity contribution is -0.124. The van der Waals surface area contributed by atoms with E-state index < -0.39 is 18.0 Å². The molecule has 0 aliphatic carbocycles. The minimum absolute atomic E-state index is 0.129. The van der Waals surface area contributed by atoms with E-state index in [1.54, 1.807) is 0 Å². The molecular weight excluding hydrogens is 328 g/mol. The molecule has 1 atom stereocenters. The maximum Gasteiger partial charge on any atom is 0.322 e. The first-order chi connectivity index (χ1) is 11.4.